The molecule has 34 heavy (non-hydrogen) atoms. The van der Waals surface area contributed by atoms with Crippen LogP contribution in [-0.2, 0) is 27.6 Å². The number of hydrogen-bond acceptors (Lipinski definition) is 6. The molecule has 2 aromatic carbocycles. The van der Waals surface area contributed by atoms with Gasteiger partial charge in [0.25, 0.3) is 10.0 Å². The highest BCUT2D eigenvalue weighted by atomic mass is 32.2. The van der Waals surface area contributed by atoms with Gasteiger partial charge in [0.05, 0.1) is 24.3 Å². The molecule has 1 aliphatic carbocycles. The molecule has 6 nitrogen and oxygen atoms in total. The third-order valence-corrected chi connectivity index (χ3v) is 10.3. The van der Waals surface area contributed by atoms with Crippen molar-refractivity contribution >= 4 is 33.4 Å². The molecular formula is C26H31NO5S2. The molecule has 0 N–H and O–H groups in total. The van der Waals surface area contributed by atoms with Crippen molar-refractivity contribution in [3.05, 3.63) is 53.1 Å². The Hall–Kier alpha value is -2.19. The van der Waals surface area contributed by atoms with Crippen molar-refractivity contribution in [3.63, 3.8) is 0 Å². The maximum atomic E-state index is 14.1. The van der Waals surface area contributed by atoms with Crippen molar-refractivity contribution < 1.29 is 22.7 Å². The minimum absolute atomic E-state index is 0.0569. The van der Waals surface area contributed by atoms with Crippen LogP contribution in [-0.4, -0.2) is 45.7 Å². The number of methoxy groups -OCH3 is 1. The summed E-state index contributed by atoms with van der Waals surface area (Å²) in [5.74, 6) is 2.69. The molecule has 0 bridgehead atoms. The SMILES string of the molecule is CCc1ccc2c(c1)CCC(C1CC1)N2S(=O)(=O)c1ccc(OCC2CSC2)c(C(=O)OC)c1. The van der Waals surface area contributed by atoms with Gasteiger partial charge < -0.3 is 9.47 Å². The number of anilines is 1. The van der Waals surface area contributed by atoms with E-state index in [0.717, 1.165) is 54.9 Å². The Morgan fingerprint density at radius 3 is 2.56 bits per heavy atom. The van der Waals surface area contributed by atoms with Crippen LogP contribution in [0.3, 0.4) is 0 Å². The van der Waals surface area contributed by atoms with Gasteiger partial charge in [-0.25, -0.2) is 13.2 Å². The summed E-state index contributed by atoms with van der Waals surface area (Å²) in [5, 5.41) is 0. The number of carbonyl (C=O) groups is 1. The molecular weight excluding hydrogens is 470 g/mol. The van der Waals surface area contributed by atoms with Crippen LogP contribution >= 0.6 is 11.8 Å². The molecule has 3 aliphatic rings. The van der Waals surface area contributed by atoms with E-state index >= 15 is 0 Å². The molecule has 1 atom stereocenters. The van der Waals surface area contributed by atoms with Crippen LogP contribution in [0.1, 0.15) is 47.7 Å². The number of rotatable bonds is 8. The molecule has 8 heteroatoms. The van der Waals surface area contributed by atoms with Crippen molar-refractivity contribution in [1.82, 2.24) is 0 Å². The van der Waals surface area contributed by atoms with Gasteiger partial charge in [-0.2, -0.15) is 11.8 Å². The predicted octanol–water partition coefficient (Wildman–Crippen LogP) is 4.70. The van der Waals surface area contributed by atoms with Crippen LogP contribution in [0, 0.1) is 11.8 Å². The lowest BCUT2D eigenvalue weighted by Crippen LogP contribution is -2.45. The number of aryl methyl sites for hydroxylation is 2. The van der Waals surface area contributed by atoms with Crippen molar-refractivity contribution in [2.75, 3.05) is 29.5 Å². The molecule has 0 amide bonds. The summed E-state index contributed by atoms with van der Waals surface area (Å²) in [4.78, 5) is 12.6. The summed E-state index contributed by atoms with van der Waals surface area (Å²) in [6.45, 7) is 2.61. The highest BCUT2D eigenvalue weighted by Crippen LogP contribution is 2.45. The highest BCUT2D eigenvalue weighted by molar-refractivity contribution is 8.00. The summed E-state index contributed by atoms with van der Waals surface area (Å²) < 4.78 is 40.6. The maximum absolute atomic E-state index is 14.1. The second kappa shape index (κ2) is 9.46. The fourth-order valence-corrected chi connectivity index (χ4v) is 7.42. The summed E-state index contributed by atoms with van der Waals surface area (Å²) in [7, 11) is -2.59. The zero-order valence-corrected chi connectivity index (χ0v) is 21.3. The third kappa shape index (κ3) is 4.42. The van der Waals surface area contributed by atoms with Gasteiger partial charge in [0.2, 0.25) is 0 Å². The van der Waals surface area contributed by atoms with Gasteiger partial charge in [-0.05, 0) is 73.4 Å². The summed E-state index contributed by atoms with van der Waals surface area (Å²) in [6, 6.07) is 10.6. The number of thioether (sulfide) groups is 1. The first-order valence-corrected chi connectivity index (χ1v) is 14.6. The maximum Gasteiger partial charge on any atom is 0.341 e. The molecule has 5 rings (SSSR count). The number of esters is 1. The number of fused-ring (bicyclic) bond motifs is 1. The Morgan fingerprint density at radius 1 is 1.12 bits per heavy atom. The van der Waals surface area contributed by atoms with Crippen LogP contribution in [0.25, 0.3) is 0 Å². The van der Waals surface area contributed by atoms with Gasteiger partial charge in [0.1, 0.15) is 11.3 Å². The first-order valence-electron chi connectivity index (χ1n) is 12.0. The molecule has 182 valence electrons. The Labute approximate surface area is 206 Å². The number of sulfonamides is 1. The van der Waals surface area contributed by atoms with Crippen molar-refractivity contribution in [2.45, 2.75) is 50.0 Å². The van der Waals surface area contributed by atoms with Gasteiger partial charge in [-0.15, -0.1) is 0 Å². The van der Waals surface area contributed by atoms with Crippen LogP contribution in [0.15, 0.2) is 41.3 Å². The monoisotopic (exact) mass is 501 g/mol. The smallest absolute Gasteiger partial charge is 0.341 e. The minimum Gasteiger partial charge on any atom is -0.492 e. The quantitative estimate of drug-likeness (QED) is 0.489. The van der Waals surface area contributed by atoms with E-state index in [2.05, 4.69) is 13.0 Å². The third-order valence-electron chi connectivity index (χ3n) is 7.06. The predicted molar refractivity (Wildman–Crippen MR) is 134 cm³/mol. The van der Waals surface area contributed by atoms with E-state index in [0.29, 0.717) is 24.2 Å². The van der Waals surface area contributed by atoms with Gasteiger partial charge >= 0.3 is 5.97 Å². The fourth-order valence-electron chi connectivity index (χ4n) is 4.86. The van der Waals surface area contributed by atoms with E-state index < -0.39 is 16.0 Å². The Kier molecular flexibility index (Phi) is 6.55. The van der Waals surface area contributed by atoms with Gasteiger partial charge in [-0.1, -0.05) is 19.1 Å². The van der Waals surface area contributed by atoms with Crippen molar-refractivity contribution in [2.24, 2.45) is 11.8 Å². The van der Waals surface area contributed by atoms with Crippen LogP contribution in [0.5, 0.6) is 5.75 Å². The molecule has 0 spiro atoms. The number of carbonyl (C=O) groups excluding carboxylic acids is 1. The number of ether oxygens (including phenoxy) is 2. The molecule has 1 saturated heterocycles. The Morgan fingerprint density at radius 2 is 1.91 bits per heavy atom. The summed E-state index contributed by atoms with van der Waals surface area (Å²) >= 11 is 1.86. The average Bonchev–Trinajstić information content (AvgIpc) is 3.66. The fraction of sp³-hybridized carbons (Fsp3) is 0.500. The molecule has 2 aromatic rings. The van der Waals surface area contributed by atoms with E-state index in [1.54, 1.807) is 16.4 Å². The van der Waals surface area contributed by atoms with E-state index in [1.165, 1.54) is 18.7 Å². The molecule has 1 unspecified atom stereocenters. The standard InChI is InChI=1S/C26H31NO5S2/c1-3-17-4-9-24-20(12-17)7-10-23(19-5-6-19)27(24)34(29,30)21-8-11-25(22(13-21)26(28)31-2)32-14-18-15-33-16-18/h4,8-9,11-13,18-19,23H,3,5-7,10,14-16H2,1-2H3. The molecule has 0 radical (unpaired) electrons. The Bertz CT molecular complexity index is 1190. The normalized spacial score (nSPS) is 20.4. The molecule has 0 aromatic heterocycles. The lowest BCUT2D eigenvalue weighted by Gasteiger charge is -2.38. The van der Waals surface area contributed by atoms with Crippen LogP contribution in [0.2, 0.25) is 0 Å². The van der Waals surface area contributed by atoms with E-state index in [1.807, 2.05) is 23.9 Å². The number of hydrogen-bond donors (Lipinski definition) is 0. The van der Waals surface area contributed by atoms with Crippen LogP contribution in [0.4, 0.5) is 5.69 Å². The van der Waals surface area contributed by atoms with Gasteiger partial charge in [-0.3, -0.25) is 4.31 Å². The average molecular weight is 502 g/mol. The number of benzene rings is 2. The molecule has 1 saturated carbocycles. The summed E-state index contributed by atoms with van der Waals surface area (Å²) in [5.41, 5.74) is 3.20. The zero-order valence-electron chi connectivity index (χ0n) is 19.7. The van der Waals surface area contributed by atoms with E-state index in [-0.39, 0.29) is 16.5 Å². The molecule has 2 heterocycles. The molecule has 2 aliphatic heterocycles. The van der Waals surface area contributed by atoms with Gasteiger partial charge in [0.15, 0.2) is 0 Å². The van der Waals surface area contributed by atoms with E-state index in [4.69, 9.17) is 9.47 Å². The zero-order chi connectivity index (χ0) is 23.9. The number of nitrogens with zero attached hydrogens (tertiary/aromatic N) is 1. The van der Waals surface area contributed by atoms with E-state index in [9.17, 15) is 13.2 Å². The lowest BCUT2D eigenvalue weighted by atomic mass is 9.93. The van der Waals surface area contributed by atoms with Crippen molar-refractivity contribution in [1.29, 1.82) is 0 Å². The van der Waals surface area contributed by atoms with Gasteiger partial charge in [0, 0.05) is 23.5 Å². The van der Waals surface area contributed by atoms with Crippen LogP contribution < -0.4 is 9.04 Å². The largest absolute Gasteiger partial charge is 0.492 e. The Balaban J connectivity index is 1.53. The first-order chi connectivity index (χ1) is 16.4. The lowest BCUT2D eigenvalue weighted by molar-refractivity contribution is 0.0595. The minimum atomic E-state index is -3.89. The van der Waals surface area contributed by atoms with Crippen molar-refractivity contribution in [3.8, 4) is 5.75 Å². The topological polar surface area (TPSA) is 72.9 Å². The highest BCUT2D eigenvalue weighted by Gasteiger charge is 2.44. The summed E-state index contributed by atoms with van der Waals surface area (Å²) in [6.07, 6.45) is 4.72. The first kappa shape index (κ1) is 23.5. The second-order valence-corrected chi connectivity index (χ2v) is 12.3. The molecule has 2 fully saturated rings. The second-order valence-electron chi connectivity index (χ2n) is 9.42.